The average Bonchev–Trinajstić information content (AvgIpc) is 2.81. The number of fused-ring (bicyclic) bond motifs is 1. The van der Waals surface area contributed by atoms with Gasteiger partial charge in [-0.15, -0.1) is 0 Å². The fraction of sp³-hybridized carbons (Fsp3) is 0.500. The molecule has 0 atom stereocenters. The van der Waals surface area contributed by atoms with Crippen molar-refractivity contribution in [2.24, 2.45) is 0 Å². The second-order valence-corrected chi connectivity index (χ2v) is 4.78. The van der Waals surface area contributed by atoms with E-state index in [1.807, 2.05) is 4.68 Å². The number of rotatable bonds is 7. The molecule has 0 bridgehead atoms. The molecular weight excluding hydrogens is 242 g/mol. The Morgan fingerprint density at radius 3 is 2.79 bits per heavy atom. The van der Waals surface area contributed by atoms with Crippen LogP contribution < -0.4 is 0 Å². The first-order valence-electron chi connectivity index (χ1n) is 6.82. The topological polar surface area (TPSA) is 61.0 Å². The van der Waals surface area contributed by atoms with Gasteiger partial charge in [-0.2, -0.15) is 5.10 Å². The molecule has 0 saturated heterocycles. The zero-order valence-electron chi connectivity index (χ0n) is 11.2. The molecule has 0 aliphatic heterocycles. The predicted molar refractivity (Wildman–Crippen MR) is 75.1 cm³/mol. The number of non-ortho nitro benzene ring substituents is 1. The van der Waals surface area contributed by atoms with E-state index < -0.39 is 0 Å². The third-order valence-electron chi connectivity index (χ3n) is 3.31. The summed E-state index contributed by atoms with van der Waals surface area (Å²) in [5.74, 6) is 0. The van der Waals surface area contributed by atoms with Crippen molar-refractivity contribution in [2.75, 3.05) is 0 Å². The van der Waals surface area contributed by atoms with E-state index in [1.165, 1.54) is 31.7 Å². The van der Waals surface area contributed by atoms with E-state index in [-0.39, 0.29) is 10.6 Å². The zero-order valence-corrected chi connectivity index (χ0v) is 11.2. The van der Waals surface area contributed by atoms with Crippen molar-refractivity contribution in [3.8, 4) is 0 Å². The van der Waals surface area contributed by atoms with Gasteiger partial charge < -0.3 is 0 Å². The first-order valence-corrected chi connectivity index (χ1v) is 6.82. The number of aryl methyl sites for hydroxylation is 1. The highest BCUT2D eigenvalue weighted by atomic mass is 16.6. The summed E-state index contributed by atoms with van der Waals surface area (Å²) < 4.78 is 1.87. The molecule has 0 spiro atoms. The molecule has 5 nitrogen and oxygen atoms in total. The molecule has 0 aliphatic carbocycles. The molecule has 1 heterocycles. The molecule has 0 aliphatic rings. The van der Waals surface area contributed by atoms with Crippen LogP contribution in [0.3, 0.4) is 0 Å². The van der Waals surface area contributed by atoms with Crippen molar-refractivity contribution in [3.63, 3.8) is 0 Å². The minimum atomic E-state index is -0.363. The summed E-state index contributed by atoms with van der Waals surface area (Å²) in [5.41, 5.74) is 0.977. The normalized spacial score (nSPS) is 11.0. The van der Waals surface area contributed by atoms with Crippen LogP contribution in [0.5, 0.6) is 0 Å². The number of hydrogen-bond acceptors (Lipinski definition) is 3. The minimum Gasteiger partial charge on any atom is -0.265 e. The summed E-state index contributed by atoms with van der Waals surface area (Å²) in [4.78, 5) is 10.4. The Hall–Kier alpha value is -1.91. The van der Waals surface area contributed by atoms with Gasteiger partial charge in [-0.3, -0.25) is 14.8 Å². The highest BCUT2D eigenvalue weighted by Gasteiger charge is 2.09. The molecule has 0 amide bonds. The van der Waals surface area contributed by atoms with Crippen molar-refractivity contribution in [3.05, 3.63) is 34.5 Å². The molecule has 2 rings (SSSR count). The minimum absolute atomic E-state index is 0.125. The largest absolute Gasteiger partial charge is 0.271 e. The monoisotopic (exact) mass is 261 g/mol. The Bertz CT molecular complexity index is 563. The van der Waals surface area contributed by atoms with Gasteiger partial charge in [0.1, 0.15) is 0 Å². The van der Waals surface area contributed by atoms with Crippen LogP contribution in [0.1, 0.15) is 39.0 Å². The molecule has 5 heteroatoms. The van der Waals surface area contributed by atoms with Crippen LogP contribution in [0, 0.1) is 10.1 Å². The summed E-state index contributed by atoms with van der Waals surface area (Å²) in [6.07, 6.45) is 7.77. The number of nitro benzene ring substituents is 1. The van der Waals surface area contributed by atoms with Crippen molar-refractivity contribution in [1.29, 1.82) is 0 Å². The molecule has 102 valence electrons. The van der Waals surface area contributed by atoms with Gasteiger partial charge in [-0.25, -0.2) is 0 Å². The third-order valence-corrected chi connectivity index (χ3v) is 3.31. The lowest BCUT2D eigenvalue weighted by Gasteiger charge is -2.03. The highest BCUT2D eigenvalue weighted by Crippen LogP contribution is 2.21. The number of hydrogen-bond donors (Lipinski definition) is 0. The number of unbranched alkanes of at least 4 members (excludes halogenated alkanes) is 4. The first kappa shape index (κ1) is 13.5. The molecule has 0 radical (unpaired) electrons. The molecule has 19 heavy (non-hydrogen) atoms. The van der Waals surface area contributed by atoms with E-state index in [2.05, 4.69) is 12.0 Å². The Morgan fingerprint density at radius 2 is 2.05 bits per heavy atom. The molecule has 0 saturated carbocycles. The van der Waals surface area contributed by atoms with Gasteiger partial charge in [0.15, 0.2) is 0 Å². The van der Waals surface area contributed by atoms with Gasteiger partial charge >= 0.3 is 0 Å². The average molecular weight is 261 g/mol. The van der Waals surface area contributed by atoms with Gasteiger partial charge in [-0.1, -0.05) is 32.6 Å². The number of nitrogens with zero attached hydrogens (tertiary/aromatic N) is 3. The number of aromatic nitrogens is 2. The molecule has 1 aromatic carbocycles. The van der Waals surface area contributed by atoms with Gasteiger partial charge in [0.2, 0.25) is 0 Å². The predicted octanol–water partition coefficient (Wildman–Crippen LogP) is 3.91. The summed E-state index contributed by atoms with van der Waals surface area (Å²) in [6.45, 7) is 3.02. The standard InChI is InChI=1S/C14H19N3O2/c1-2-3-4-5-6-9-16-14-10-13(17(18)19)8-7-12(14)11-15-16/h7-8,10-11H,2-6,9H2,1H3. The van der Waals surface area contributed by atoms with Crippen LogP contribution in [0.25, 0.3) is 10.9 Å². The summed E-state index contributed by atoms with van der Waals surface area (Å²) in [6, 6.07) is 4.89. The van der Waals surface area contributed by atoms with Gasteiger partial charge in [0, 0.05) is 24.1 Å². The maximum absolute atomic E-state index is 10.8. The van der Waals surface area contributed by atoms with E-state index in [4.69, 9.17) is 0 Å². The van der Waals surface area contributed by atoms with Gasteiger partial charge in [0.25, 0.3) is 5.69 Å². The SMILES string of the molecule is CCCCCCCn1ncc2ccc([N+](=O)[O-])cc21. The highest BCUT2D eigenvalue weighted by molar-refractivity contribution is 5.80. The molecular formula is C14H19N3O2. The first-order chi connectivity index (χ1) is 9.22. The van der Waals surface area contributed by atoms with Gasteiger partial charge in [0.05, 0.1) is 16.6 Å². The van der Waals surface area contributed by atoms with Crippen LogP contribution in [0.2, 0.25) is 0 Å². The van der Waals surface area contributed by atoms with Crippen molar-refractivity contribution >= 4 is 16.6 Å². The molecule has 0 unspecified atom stereocenters. The van der Waals surface area contributed by atoms with Gasteiger partial charge in [-0.05, 0) is 12.5 Å². The van der Waals surface area contributed by atoms with Crippen LogP contribution in [0.15, 0.2) is 24.4 Å². The van der Waals surface area contributed by atoms with Crippen LogP contribution >= 0.6 is 0 Å². The van der Waals surface area contributed by atoms with E-state index >= 15 is 0 Å². The van der Waals surface area contributed by atoms with Crippen molar-refractivity contribution < 1.29 is 4.92 Å². The number of nitro groups is 1. The van der Waals surface area contributed by atoms with Crippen molar-refractivity contribution in [2.45, 2.75) is 45.6 Å². The summed E-state index contributed by atoms with van der Waals surface area (Å²) in [7, 11) is 0. The third kappa shape index (κ3) is 3.30. The summed E-state index contributed by atoms with van der Waals surface area (Å²) in [5, 5.41) is 16.1. The lowest BCUT2D eigenvalue weighted by molar-refractivity contribution is -0.384. The van der Waals surface area contributed by atoms with Crippen LogP contribution in [0.4, 0.5) is 5.69 Å². The van der Waals surface area contributed by atoms with Crippen LogP contribution in [-0.2, 0) is 6.54 Å². The lowest BCUT2D eigenvalue weighted by Crippen LogP contribution is -2.00. The lowest BCUT2D eigenvalue weighted by atomic mass is 10.1. The maximum atomic E-state index is 10.8. The Morgan fingerprint density at radius 1 is 1.26 bits per heavy atom. The van der Waals surface area contributed by atoms with Crippen LogP contribution in [-0.4, -0.2) is 14.7 Å². The molecule has 2 aromatic rings. The second-order valence-electron chi connectivity index (χ2n) is 4.78. The fourth-order valence-electron chi connectivity index (χ4n) is 2.22. The smallest absolute Gasteiger partial charge is 0.265 e. The molecule has 1 aromatic heterocycles. The second kappa shape index (κ2) is 6.31. The van der Waals surface area contributed by atoms with E-state index in [0.717, 1.165) is 23.9 Å². The fourth-order valence-corrected chi connectivity index (χ4v) is 2.22. The van der Waals surface area contributed by atoms with Crippen molar-refractivity contribution in [1.82, 2.24) is 9.78 Å². The Labute approximate surface area is 112 Å². The van der Waals surface area contributed by atoms with E-state index in [0.29, 0.717) is 0 Å². The number of benzene rings is 1. The zero-order chi connectivity index (χ0) is 13.7. The van der Waals surface area contributed by atoms with E-state index in [9.17, 15) is 10.1 Å². The maximum Gasteiger partial charge on any atom is 0.271 e. The molecule has 0 fully saturated rings. The quantitative estimate of drug-likeness (QED) is 0.431. The van der Waals surface area contributed by atoms with E-state index in [1.54, 1.807) is 18.3 Å². The Balaban J connectivity index is 2.06. The Kier molecular flexibility index (Phi) is 4.49. The molecule has 0 N–H and O–H groups in total. The summed E-state index contributed by atoms with van der Waals surface area (Å²) >= 11 is 0.